The number of aryl methyl sites for hydroxylation is 1. The molecule has 3 nitrogen and oxygen atoms in total. The molecule has 0 aliphatic rings. The number of rotatable bonds is 9. The van der Waals surface area contributed by atoms with Crippen molar-refractivity contribution in [3.63, 3.8) is 0 Å². The Morgan fingerprint density at radius 2 is 2.00 bits per heavy atom. The lowest BCUT2D eigenvalue weighted by molar-refractivity contribution is 0.170. The third-order valence-corrected chi connectivity index (χ3v) is 3.75. The quantitative estimate of drug-likeness (QED) is 0.747. The molecule has 3 heteroatoms. The van der Waals surface area contributed by atoms with Gasteiger partial charge in [0.05, 0.1) is 7.11 Å². The van der Waals surface area contributed by atoms with E-state index in [2.05, 4.69) is 44.3 Å². The molecular weight excluding hydrogens is 250 g/mol. The molecule has 0 heterocycles. The number of hydrogen-bond acceptors (Lipinski definition) is 3. The molecule has 0 aliphatic heterocycles. The van der Waals surface area contributed by atoms with Gasteiger partial charge in [-0.2, -0.15) is 0 Å². The summed E-state index contributed by atoms with van der Waals surface area (Å²) < 4.78 is 10.7. The van der Waals surface area contributed by atoms with E-state index in [9.17, 15) is 0 Å². The van der Waals surface area contributed by atoms with Crippen LogP contribution in [0.1, 0.15) is 43.9 Å². The number of hydrogen-bond donors (Lipinski definition) is 1. The third-order valence-electron chi connectivity index (χ3n) is 3.75. The van der Waals surface area contributed by atoms with Gasteiger partial charge in [-0.25, -0.2) is 0 Å². The van der Waals surface area contributed by atoms with Gasteiger partial charge in [0.25, 0.3) is 0 Å². The zero-order chi connectivity index (χ0) is 15.0. The van der Waals surface area contributed by atoms with Crippen molar-refractivity contribution in [2.24, 2.45) is 5.92 Å². The Bertz CT molecular complexity index is 393. The summed E-state index contributed by atoms with van der Waals surface area (Å²) >= 11 is 0. The second-order valence-electron chi connectivity index (χ2n) is 5.42. The van der Waals surface area contributed by atoms with Crippen molar-refractivity contribution in [3.05, 3.63) is 29.3 Å². The highest BCUT2D eigenvalue weighted by Crippen LogP contribution is 2.29. The van der Waals surface area contributed by atoms with Crippen LogP contribution in [0.3, 0.4) is 0 Å². The minimum Gasteiger partial charge on any atom is -0.496 e. The normalized spacial score (nSPS) is 14.1. The predicted octanol–water partition coefficient (Wildman–Crippen LogP) is 3.72. The number of ether oxygens (including phenoxy) is 2. The van der Waals surface area contributed by atoms with Crippen LogP contribution in [0.2, 0.25) is 0 Å². The van der Waals surface area contributed by atoms with Crippen LogP contribution in [0.25, 0.3) is 0 Å². The summed E-state index contributed by atoms with van der Waals surface area (Å²) in [5.41, 5.74) is 2.47. The van der Waals surface area contributed by atoms with E-state index in [0.717, 1.165) is 31.7 Å². The van der Waals surface area contributed by atoms with Gasteiger partial charge >= 0.3 is 0 Å². The molecule has 0 aromatic heterocycles. The molecule has 0 aliphatic carbocycles. The SMILES string of the molecule is CCCNC(c1ccc(C)c(OC)c1)C(C)CCOC. The second-order valence-corrected chi connectivity index (χ2v) is 5.42. The maximum Gasteiger partial charge on any atom is 0.122 e. The molecule has 0 saturated heterocycles. The largest absolute Gasteiger partial charge is 0.496 e. The van der Waals surface area contributed by atoms with Crippen molar-refractivity contribution in [2.75, 3.05) is 27.4 Å². The summed E-state index contributed by atoms with van der Waals surface area (Å²) in [4.78, 5) is 0. The number of methoxy groups -OCH3 is 2. The Balaban J connectivity index is 2.91. The molecule has 1 aromatic rings. The first-order valence-electron chi connectivity index (χ1n) is 7.50. The summed E-state index contributed by atoms with van der Waals surface area (Å²) in [6, 6.07) is 6.85. The molecule has 0 spiro atoms. The van der Waals surface area contributed by atoms with Gasteiger partial charge in [-0.1, -0.05) is 26.0 Å². The van der Waals surface area contributed by atoms with Gasteiger partial charge in [-0.15, -0.1) is 0 Å². The Labute approximate surface area is 123 Å². The molecule has 1 N–H and O–H groups in total. The molecule has 0 amide bonds. The van der Waals surface area contributed by atoms with E-state index in [-0.39, 0.29) is 0 Å². The van der Waals surface area contributed by atoms with Crippen LogP contribution in [0, 0.1) is 12.8 Å². The number of nitrogens with one attached hydrogen (secondary N) is 1. The predicted molar refractivity (Wildman–Crippen MR) is 84.4 cm³/mol. The van der Waals surface area contributed by atoms with Gasteiger partial charge in [-0.05, 0) is 49.4 Å². The lowest BCUT2D eigenvalue weighted by Gasteiger charge is -2.26. The third kappa shape index (κ3) is 4.80. The van der Waals surface area contributed by atoms with Gasteiger partial charge in [0.15, 0.2) is 0 Å². The molecule has 0 bridgehead atoms. The Morgan fingerprint density at radius 3 is 2.60 bits per heavy atom. The summed E-state index contributed by atoms with van der Waals surface area (Å²) in [6.45, 7) is 8.37. The maximum absolute atomic E-state index is 5.45. The number of benzene rings is 1. The molecule has 0 fully saturated rings. The van der Waals surface area contributed by atoms with Gasteiger partial charge in [0.2, 0.25) is 0 Å². The van der Waals surface area contributed by atoms with Gasteiger partial charge in [-0.3, -0.25) is 0 Å². The molecule has 114 valence electrons. The van der Waals surface area contributed by atoms with Crippen LogP contribution in [0.4, 0.5) is 0 Å². The second kappa shape index (κ2) is 8.98. The average molecular weight is 279 g/mol. The van der Waals surface area contributed by atoms with Crippen LogP contribution in [0.5, 0.6) is 5.75 Å². The lowest BCUT2D eigenvalue weighted by Crippen LogP contribution is -2.28. The van der Waals surface area contributed by atoms with E-state index >= 15 is 0 Å². The van der Waals surface area contributed by atoms with Gasteiger partial charge < -0.3 is 14.8 Å². The van der Waals surface area contributed by atoms with E-state index in [1.165, 1.54) is 11.1 Å². The van der Waals surface area contributed by atoms with E-state index in [1.54, 1.807) is 14.2 Å². The molecule has 0 radical (unpaired) electrons. The van der Waals surface area contributed by atoms with Crippen molar-refractivity contribution < 1.29 is 9.47 Å². The molecule has 1 rings (SSSR count). The fraction of sp³-hybridized carbons (Fsp3) is 0.647. The average Bonchev–Trinajstić information content (AvgIpc) is 2.46. The van der Waals surface area contributed by atoms with Crippen molar-refractivity contribution in [3.8, 4) is 5.75 Å². The zero-order valence-electron chi connectivity index (χ0n) is 13.5. The summed E-state index contributed by atoms with van der Waals surface area (Å²) in [5.74, 6) is 1.48. The van der Waals surface area contributed by atoms with Crippen LogP contribution < -0.4 is 10.1 Å². The smallest absolute Gasteiger partial charge is 0.122 e. The van der Waals surface area contributed by atoms with Crippen molar-refractivity contribution in [1.82, 2.24) is 5.32 Å². The van der Waals surface area contributed by atoms with Crippen molar-refractivity contribution in [2.45, 2.75) is 39.7 Å². The highest BCUT2D eigenvalue weighted by Gasteiger charge is 2.19. The van der Waals surface area contributed by atoms with E-state index in [4.69, 9.17) is 9.47 Å². The van der Waals surface area contributed by atoms with E-state index < -0.39 is 0 Å². The first-order chi connectivity index (χ1) is 9.63. The summed E-state index contributed by atoms with van der Waals surface area (Å²) in [5, 5.41) is 3.65. The fourth-order valence-electron chi connectivity index (χ4n) is 2.45. The Morgan fingerprint density at radius 1 is 1.25 bits per heavy atom. The molecule has 0 saturated carbocycles. The lowest BCUT2D eigenvalue weighted by atomic mass is 9.91. The monoisotopic (exact) mass is 279 g/mol. The standard InChI is InChI=1S/C17H29NO2/c1-6-10-18-17(14(3)9-11-19-4)15-8-7-13(2)16(12-15)20-5/h7-8,12,14,17-18H,6,9-11H2,1-5H3. The molecular formula is C17H29NO2. The molecule has 1 aromatic carbocycles. The fourth-order valence-corrected chi connectivity index (χ4v) is 2.45. The van der Waals surface area contributed by atoms with Crippen LogP contribution in [0.15, 0.2) is 18.2 Å². The molecule has 20 heavy (non-hydrogen) atoms. The van der Waals surface area contributed by atoms with Crippen LogP contribution in [-0.4, -0.2) is 27.4 Å². The summed E-state index contributed by atoms with van der Waals surface area (Å²) in [6.07, 6.45) is 2.19. The van der Waals surface area contributed by atoms with E-state index in [1.807, 2.05) is 0 Å². The topological polar surface area (TPSA) is 30.5 Å². The highest BCUT2D eigenvalue weighted by molar-refractivity contribution is 5.38. The van der Waals surface area contributed by atoms with Crippen LogP contribution in [-0.2, 0) is 4.74 Å². The maximum atomic E-state index is 5.45. The minimum atomic E-state index is 0.347. The summed E-state index contributed by atoms with van der Waals surface area (Å²) in [7, 11) is 3.49. The minimum absolute atomic E-state index is 0.347. The van der Waals surface area contributed by atoms with Gasteiger partial charge in [0, 0.05) is 19.8 Å². The van der Waals surface area contributed by atoms with Crippen molar-refractivity contribution >= 4 is 0 Å². The van der Waals surface area contributed by atoms with Crippen LogP contribution >= 0.6 is 0 Å². The first kappa shape index (κ1) is 17.0. The first-order valence-corrected chi connectivity index (χ1v) is 7.50. The van der Waals surface area contributed by atoms with Gasteiger partial charge in [0.1, 0.15) is 5.75 Å². The van der Waals surface area contributed by atoms with E-state index in [0.29, 0.717) is 12.0 Å². The Hall–Kier alpha value is -1.06. The molecule has 2 atom stereocenters. The zero-order valence-corrected chi connectivity index (χ0v) is 13.5. The van der Waals surface area contributed by atoms with Crippen molar-refractivity contribution in [1.29, 1.82) is 0 Å². The Kier molecular flexibility index (Phi) is 7.63. The molecule has 2 unspecified atom stereocenters. The highest BCUT2D eigenvalue weighted by atomic mass is 16.5.